The summed E-state index contributed by atoms with van der Waals surface area (Å²) in [6, 6.07) is 8.88. The summed E-state index contributed by atoms with van der Waals surface area (Å²) in [6.45, 7) is 4.42. The summed E-state index contributed by atoms with van der Waals surface area (Å²) in [5.41, 5.74) is 12.9. The minimum absolute atomic E-state index is 0.0246. The standard InChI is InChI=1S/C15H23N5/c1-12-6-4-5-9-20(12)11-14-8-3-2-7-13(14)10-18-19-15(16)17/h2-3,7-8,10,12H,4-6,9,11H2,1H3,(H4,16,17,19). The molecule has 0 saturated carbocycles. The van der Waals surface area contributed by atoms with Crippen LogP contribution in [0, 0.1) is 0 Å². The van der Waals surface area contributed by atoms with Crippen molar-refractivity contribution in [3.63, 3.8) is 0 Å². The first-order chi connectivity index (χ1) is 9.66. The van der Waals surface area contributed by atoms with Crippen LogP contribution in [0.3, 0.4) is 0 Å². The van der Waals surface area contributed by atoms with E-state index in [-0.39, 0.29) is 5.96 Å². The summed E-state index contributed by atoms with van der Waals surface area (Å²) in [5, 5.41) is 7.56. The summed E-state index contributed by atoms with van der Waals surface area (Å²) < 4.78 is 0. The van der Waals surface area contributed by atoms with Crippen molar-refractivity contribution >= 4 is 12.2 Å². The summed E-state index contributed by atoms with van der Waals surface area (Å²) in [7, 11) is 0. The fourth-order valence-electron chi connectivity index (χ4n) is 2.57. The molecule has 0 amide bonds. The molecule has 20 heavy (non-hydrogen) atoms. The van der Waals surface area contributed by atoms with E-state index < -0.39 is 0 Å². The molecule has 1 unspecified atom stereocenters. The smallest absolute Gasteiger partial charge is 0.211 e. The molecule has 1 aromatic rings. The molecule has 0 spiro atoms. The number of piperidine rings is 1. The lowest BCUT2D eigenvalue weighted by molar-refractivity contribution is 0.152. The average molecular weight is 273 g/mol. The molecule has 5 nitrogen and oxygen atoms in total. The molecule has 1 saturated heterocycles. The molecule has 0 bridgehead atoms. The zero-order valence-electron chi connectivity index (χ0n) is 12.0. The largest absolute Gasteiger partial charge is 0.369 e. The number of guanidine groups is 1. The molecule has 4 N–H and O–H groups in total. The lowest BCUT2D eigenvalue weighted by Crippen LogP contribution is -2.36. The van der Waals surface area contributed by atoms with Crippen LogP contribution in [0.1, 0.15) is 37.3 Å². The Hall–Kier alpha value is -1.88. The first kappa shape index (κ1) is 14.5. The molecule has 0 radical (unpaired) electrons. The van der Waals surface area contributed by atoms with Gasteiger partial charge in [-0.15, -0.1) is 5.10 Å². The van der Waals surface area contributed by atoms with Crippen LogP contribution in [0.5, 0.6) is 0 Å². The van der Waals surface area contributed by atoms with Crippen molar-refractivity contribution in [1.82, 2.24) is 4.90 Å². The maximum atomic E-state index is 5.27. The van der Waals surface area contributed by atoms with Crippen LogP contribution in [0.15, 0.2) is 34.5 Å². The van der Waals surface area contributed by atoms with E-state index in [1.54, 1.807) is 6.21 Å². The monoisotopic (exact) mass is 273 g/mol. The van der Waals surface area contributed by atoms with E-state index in [1.807, 2.05) is 12.1 Å². The number of nitrogens with zero attached hydrogens (tertiary/aromatic N) is 3. The first-order valence-electron chi connectivity index (χ1n) is 7.10. The average Bonchev–Trinajstić information content (AvgIpc) is 2.43. The van der Waals surface area contributed by atoms with Crippen molar-refractivity contribution < 1.29 is 0 Å². The maximum Gasteiger partial charge on any atom is 0.211 e. The third-order valence-corrected chi connectivity index (χ3v) is 3.74. The molecular weight excluding hydrogens is 250 g/mol. The van der Waals surface area contributed by atoms with Crippen LogP contribution in [-0.4, -0.2) is 29.7 Å². The number of nitrogens with two attached hydrogens (primary N) is 2. The Morgan fingerprint density at radius 1 is 1.35 bits per heavy atom. The Labute approximate surface area is 120 Å². The summed E-state index contributed by atoms with van der Waals surface area (Å²) in [6.07, 6.45) is 5.62. The molecule has 5 heteroatoms. The third kappa shape index (κ3) is 4.06. The molecular formula is C15H23N5. The number of hydrogen-bond acceptors (Lipinski definition) is 3. The second-order valence-electron chi connectivity index (χ2n) is 5.28. The van der Waals surface area contributed by atoms with Crippen molar-refractivity contribution in [1.29, 1.82) is 0 Å². The molecule has 1 aliphatic heterocycles. The Kier molecular flexibility index (Phi) is 5.12. The highest BCUT2D eigenvalue weighted by Gasteiger charge is 2.18. The van der Waals surface area contributed by atoms with Crippen LogP contribution in [-0.2, 0) is 6.54 Å². The molecule has 0 aliphatic carbocycles. The van der Waals surface area contributed by atoms with Gasteiger partial charge in [0.2, 0.25) is 5.96 Å². The predicted molar refractivity (Wildman–Crippen MR) is 83.6 cm³/mol. The van der Waals surface area contributed by atoms with E-state index >= 15 is 0 Å². The topological polar surface area (TPSA) is 80.0 Å². The number of likely N-dealkylation sites (tertiary alicyclic amines) is 1. The van der Waals surface area contributed by atoms with Gasteiger partial charge in [0.05, 0.1) is 6.21 Å². The lowest BCUT2D eigenvalue weighted by atomic mass is 10.0. The van der Waals surface area contributed by atoms with E-state index in [0.29, 0.717) is 6.04 Å². The summed E-state index contributed by atoms with van der Waals surface area (Å²) >= 11 is 0. The maximum absolute atomic E-state index is 5.27. The van der Waals surface area contributed by atoms with Gasteiger partial charge in [0, 0.05) is 12.6 Å². The van der Waals surface area contributed by atoms with E-state index in [4.69, 9.17) is 11.5 Å². The first-order valence-corrected chi connectivity index (χ1v) is 7.10. The van der Waals surface area contributed by atoms with Crippen LogP contribution in [0.4, 0.5) is 0 Å². The van der Waals surface area contributed by atoms with Crippen LogP contribution < -0.4 is 11.5 Å². The molecule has 0 aromatic heterocycles. The van der Waals surface area contributed by atoms with Gasteiger partial charge in [-0.05, 0) is 37.4 Å². The van der Waals surface area contributed by atoms with Gasteiger partial charge in [0.25, 0.3) is 0 Å². The lowest BCUT2D eigenvalue weighted by Gasteiger charge is -2.33. The summed E-state index contributed by atoms with van der Waals surface area (Å²) in [4.78, 5) is 2.52. The SMILES string of the molecule is CC1CCCCN1Cc1ccccc1C=NN=C(N)N. The fraction of sp³-hybridized carbons (Fsp3) is 0.467. The number of benzene rings is 1. The molecule has 2 rings (SSSR count). The second kappa shape index (κ2) is 7.05. The van der Waals surface area contributed by atoms with Crippen LogP contribution in [0.25, 0.3) is 0 Å². The van der Waals surface area contributed by atoms with Gasteiger partial charge < -0.3 is 11.5 Å². The van der Waals surface area contributed by atoms with E-state index in [0.717, 1.165) is 12.1 Å². The Bertz CT molecular complexity index is 491. The predicted octanol–water partition coefficient (Wildman–Crippen LogP) is 1.67. The normalized spacial score (nSPS) is 20.1. The van der Waals surface area contributed by atoms with Gasteiger partial charge in [-0.25, -0.2) is 0 Å². The molecule has 1 heterocycles. The number of rotatable bonds is 4. The van der Waals surface area contributed by atoms with Gasteiger partial charge in [-0.3, -0.25) is 4.90 Å². The fourth-order valence-corrected chi connectivity index (χ4v) is 2.57. The zero-order chi connectivity index (χ0) is 14.4. The Balaban J connectivity index is 2.11. The Morgan fingerprint density at radius 3 is 2.90 bits per heavy atom. The highest BCUT2D eigenvalue weighted by Crippen LogP contribution is 2.20. The van der Waals surface area contributed by atoms with Gasteiger partial charge in [-0.2, -0.15) is 5.10 Å². The molecule has 108 valence electrons. The van der Waals surface area contributed by atoms with Crippen LogP contribution >= 0.6 is 0 Å². The van der Waals surface area contributed by atoms with Crippen molar-refractivity contribution in [3.05, 3.63) is 35.4 Å². The van der Waals surface area contributed by atoms with Gasteiger partial charge in [0.1, 0.15) is 0 Å². The Morgan fingerprint density at radius 2 is 2.15 bits per heavy atom. The van der Waals surface area contributed by atoms with Gasteiger partial charge in [-0.1, -0.05) is 30.7 Å². The molecule has 1 atom stereocenters. The molecule has 1 fully saturated rings. The second-order valence-corrected chi connectivity index (χ2v) is 5.28. The molecule has 1 aliphatic rings. The van der Waals surface area contributed by atoms with Crippen molar-refractivity contribution in [2.75, 3.05) is 6.54 Å². The van der Waals surface area contributed by atoms with Crippen molar-refractivity contribution in [2.24, 2.45) is 21.7 Å². The third-order valence-electron chi connectivity index (χ3n) is 3.74. The zero-order valence-corrected chi connectivity index (χ0v) is 12.0. The van der Waals surface area contributed by atoms with Gasteiger partial charge >= 0.3 is 0 Å². The number of hydrogen-bond donors (Lipinski definition) is 2. The van der Waals surface area contributed by atoms with Gasteiger partial charge in [0.15, 0.2) is 0 Å². The van der Waals surface area contributed by atoms with Crippen molar-refractivity contribution in [3.8, 4) is 0 Å². The van der Waals surface area contributed by atoms with E-state index in [2.05, 4.69) is 34.2 Å². The minimum Gasteiger partial charge on any atom is -0.369 e. The quantitative estimate of drug-likeness (QED) is 0.497. The van der Waals surface area contributed by atoms with Crippen molar-refractivity contribution in [2.45, 2.75) is 38.8 Å². The van der Waals surface area contributed by atoms with E-state index in [1.165, 1.54) is 31.4 Å². The summed E-state index contributed by atoms with van der Waals surface area (Å²) in [5.74, 6) is -0.0246. The van der Waals surface area contributed by atoms with Crippen LogP contribution in [0.2, 0.25) is 0 Å². The highest BCUT2D eigenvalue weighted by atomic mass is 15.3. The minimum atomic E-state index is -0.0246. The highest BCUT2D eigenvalue weighted by molar-refractivity contribution is 5.83. The molecule has 1 aromatic carbocycles. The van der Waals surface area contributed by atoms with E-state index in [9.17, 15) is 0 Å².